The number of nitro benzene ring substituents is 1. The van der Waals surface area contributed by atoms with Crippen LogP contribution in [-0.2, 0) is 14.3 Å². The lowest BCUT2D eigenvalue weighted by atomic mass is 10.2. The number of nitrogens with one attached hydrogen (secondary N) is 1. The van der Waals surface area contributed by atoms with E-state index in [1.54, 1.807) is 12.1 Å². The van der Waals surface area contributed by atoms with Crippen LogP contribution in [0.3, 0.4) is 0 Å². The summed E-state index contributed by atoms with van der Waals surface area (Å²) in [5, 5.41) is 13.1. The van der Waals surface area contributed by atoms with E-state index < -0.39 is 23.4 Å². The summed E-state index contributed by atoms with van der Waals surface area (Å²) in [6.45, 7) is 0.668. The van der Waals surface area contributed by atoms with E-state index >= 15 is 0 Å². The normalized spacial score (nSPS) is 15.4. The van der Waals surface area contributed by atoms with Crippen LogP contribution in [0.2, 0.25) is 5.02 Å². The molecule has 0 saturated carbocycles. The van der Waals surface area contributed by atoms with Crippen molar-refractivity contribution in [3.8, 4) is 5.75 Å². The fraction of sp³-hybridized carbons (Fsp3) is 0.300. The molecule has 1 saturated heterocycles. The highest BCUT2D eigenvalue weighted by molar-refractivity contribution is 6.34. The third-order valence-electron chi connectivity index (χ3n) is 4.32. The van der Waals surface area contributed by atoms with E-state index in [0.29, 0.717) is 12.4 Å². The van der Waals surface area contributed by atoms with Gasteiger partial charge in [0, 0.05) is 18.7 Å². The molecule has 1 aliphatic rings. The van der Waals surface area contributed by atoms with Crippen LogP contribution in [0.4, 0.5) is 11.4 Å². The zero-order chi connectivity index (χ0) is 21.5. The molecular weight excluding hydrogens is 416 g/mol. The number of nitro groups is 1. The number of carbonyl (C=O) groups is 2. The van der Waals surface area contributed by atoms with E-state index in [-0.39, 0.29) is 28.1 Å². The fourth-order valence-corrected chi connectivity index (χ4v) is 2.99. The van der Waals surface area contributed by atoms with Gasteiger partial charge in [-0.1, -0.05) is 11.6 Å². The minimum atomic E-state index is -0.675. The molecule has 3 rings (SSSR count). The molecule has 158 valence electrons. The van der Waals surface area contributed by atoms with Crippen LogP contribution in [0.25, 0.3) is 0 Å². The molecule has 1 fully saturated rings. The van der Waals surface area contributed by atoms with Crippen molar-refractivity contribution in [1.82, 2.24) is 0 Å². The van der Waals surface area contributed by atoms with Crippen LogP contribution in [0, 0.1) is 10.1 Å². The van der Waals surface area contributed by atoms with E-state index in [9.17, 15) is 19.7 Å². The first-order chi connectivity index (χ1) is 14.4. The quantitative estimate of drug-likeness (QED) is 0.383. The minimum Gasteiger partial charge on any atom is -0.491 e. The first-order valence-electron chi connectivity index (χ1n) is 9.18. The highest BCUT2D eigenvalue weighted by Gasteiger charge is 2.17. The van der Waals surface area contributed by atoms with Crippen LogP contribution < -0.4 is 10.1 Å². The van der Waals surface area contributed by atoms with Crippen molar-refractivity contribution in [2.24, 2.45) is 0 Å². The van der Waals surface area contributed by atoms with Crippen molar-refractivity contribution in [2.45, 2.75) is 18.9 Å². The number of benzene rings is 2. The Morgan fingerprint density at radius 3 is 2.63 bits per heavy atom. The average Bonchev–Trinajstić information content (AvgIpc) is 3.26. The van der Waals surface area contributed by atoms with Crippen molar-refractivity contribution in [1.29, 1.82) is 0 Å². The maximum Gasteiger partial charge on any atom is 0.338 e. The van der Waals surface area contributed by atoms with E-state index in [4.69, 9.17) is 25.8 Å². The molecular formula is C20H19ClN2O7. The van der Waals surface area contributed by atoms with Gasteiger partial charge in [-0.2, -0.15) is 0 Å². The smallest absolute Gasteiger partial charge is 0.338 e. The Hall–Kier alpha value is -3.17. The van der Waals surface area contributed by atoms with Crippen LogP contribution in [-0.4, -0.2) is 42.7 Å². The second-order valence-electron chi connectivity index (χ2n) is 6.52. The first kappa shape index (κ1) is 21.5. The predicted molar refractivity (Wildman–Crippen MR) is 108 cm³/mol. The third-order valence-corrected chi connectivity index (χ3v) is 4.63. The van der Waals surface area contributed by atoms with E-state index in [1.165, 1.54) is 24.3 Å². The number of anilines is 1. The number of hydrogen-bond acceptors (Lipinski definition) is 7. The lowest BCUT2D eigenvalue weighted by Gasteiger charge is -2.11. The van der Waals surface area contributed by atoms with Gasteiger partial charge in [0.25, 0.3) is 11.6 Å². The van der Waals surface area contributed by atoms with Gasteiger partial charge in [-0.15, -0.1) is 0 Å². The Balaban J connectivity index is 1.46. The molecule has 2 aromatic rings. The topological polar surface area (TPSA) is 117 Å². The van der Waals surface area contributed by atoms with Gasteiger partial charge in [0.15, 0.2) is 6.61 Å². The molecule has 0 aromatic heterocycles. The van der Waals surface area contributed by atoms with E-state index in [1.807, 2.05) is 0 Å². The summed E-state index contributed by atoms with van der Waals surface area (Å²) in [6, 6.07) is 9.98. The first-order valence-corrected chi connectivity index (χ1v) is 9.55. The Morgan fingerprint density at radius 2 is 2.00 bits per heavy atom. The van der Waals surface area contributed by atoms with Gasteiger partial charge in [-0.05, 0) is 43.2 Å². The summed E-state index contributed by atoms with van der Waals surface area (Å²) >= 11 is 5.91. The molecule has 1 heterocycles. The van der Waals surface area contributed by atoms with Crippen molar-refractivity contribution in [3.05, 3.63) is 63.2 Å². The predicted octanol–water partition coefficient (Wildman–Crippen LogP) is 3.60. The van der Waals surface area contributed by atoms with Crippen molar-refractivity contribution in [3.63, 3.8) is 0 Å². The number of rotatable bonds is 8. The van der Waals surface area contributed by atoms with Crippen molar-refractivity contribution >= 4 is 34.9 Å². The van der Waals surface area contributed by atoms with Crippen LogP contribution in [0.1, 0.15) is 23.2 Å². The number of ether oxygens (including phenoxy) is 3. The molecule has 0 bridgehead atoms. The number of nitrogens with zero attached hydrogens (tertiary/aromatic N) is 1. The van der Waals surface area contributed by atoms with Crippen LogP contribution >= 0.6 is 11.6 Å². The summed E-state index contributed by atoms with van der Waals surface area (Å²) in [4.78, 5) is 34.2. The average molecular weight is 435 g/mol. The number of carbonyl (C=O) groups excluding carboxylic acids is 2. The molecule has 30 heavy (non-hydrogen) atoms. The van der Waals surface area contributed by atoms with Crippen molar-refractivity contribution in [2.75, 3.05) is 25.1 Å². The zero-order valence-electron chi connectivity index (χ0n) is 15.8. The number of amides is 1. The SMILES string of the molecule is O=C(COC(=O)c1ccc(OCC2CCCO2)cc1)Nc1ccc([N+](=O)[O-])cc1Cl. The minimum absolute atomic E-state index is 0.00229. The summed E-state index contributed by atoms with van der Waals surface area (Å²) in [7, 11) is 0. The molecule has 0 spiro atoms. The fourth-order valence-electron chi connectivity index (χ4n) is 2.77. The Labute approximate surface area is 177 Å². The second-order valence-corrected chi connectivity index (χ2v) is 6.92. The van der Waals surface area contributed by atoms with Gasteiger partial charge < -0.3 is 19.5 Å². The van der Waals surface area contributed by atoms with Crippen LogP contribution in [0.15, 0.2) is 42.5 Å². The molecule has 9 nitrogen and oxygen atoms in total. The van der Waals surface area contributed by atoms with Gasteiger partial charge >= 0.3 is 5.97 Å². The maximum atomic E-state index is 12.1. The second kappa shape index (κ2) is 10.0. The Bertz CT molecular complexity index is 927. The lowest BCUT2D eigenvalue weighted by molar-refractivity contribution is -0.384. The number of hydrogen-bond donors (Lipinski definition) is 1. The molecule has 0 aliphatic carbocycles. The zero-order valence-corrected chi connectivity index (χ0v) is 16.6. The van der Waals surface area contributed by atoms with Gasteiger partial charge in [0.2, 0.25) is 0 Å². The number of esters is 1. The van der Waals surface area contributed by atoms with Gasteiger partial charge in [0.1, 0.15) is 12.4 Å². The molecule has 1 aliphatic heterocycles. The third kappa shape index (κ3) is 5.91. The van der Waals surface area contributed by atoms with Crippen LogP contribution in [0.5, 0.6) is 5.75 Å². The monoisotopic (exact) mass is 434 g/mol. The van der Waals surface area contributed by atoms with E-state index in [2.05, 4.69) is 5.32 Å². The molecule has 1 N–H and O–H groups in total. The Morgan fingerprint density at radius 1 is 1.23 bits per heavy atom. The summed E-state index contributed by atoms with van der Waals surface area (Å²) in [6.07, 6.45) is 2.10. The largest absolute Gasteiger partial charge is 0.491 e. The molecule has 1 amide bonds. The number of non-ortho nitro benzene ring substituents is 1. The molecule has 1 atom stereocenters. The Kier molecular flexibility index (Phi) is 7.21. The van der Waals surface area contributed by atoms with Gasteiger partial charge in [-0.3, -0.25) is 14.9 Å². The molecule has 1 unspecified atom stereocenters. The van der Waals surface area contributed by atoms with E-state index in [0.717, 1.165) is 25.5 Å². The summed E-state index contributed by atoms with van der Waals surface area (Å²) in [5.41, 5.74) is 0.240. The lowest BCUT2D eigenvalue weighted by Crippen LogP contribution is -2.21. The molecule has 0 radical (unpaired) electrons. The summed E-state index contributed by atoms with van der Waals surface area (Å²) < 4.78 is 16.1. The molecule has 2 aromatic carbocycles. The standard InChI is InChI=1S/C20H19ClN2O7/c21-17-10-14(23(26)27)5-8-18(17)22-19(24)12-30-20(25)13-3-6-15(7-4-13)29-11-16-2-1-9-28-16/h3-8,10,16H,1-2,9,11-12H2,(H,22,24). The number of halogens is 1. The highest BCUT2D eigenvalue weighted by atomic mass is 35.5. The van der Waals surface area contributed by atoms with Gasteiger partial charge in [-0.25, -0.2) is 4.79 Å². The van der Waals surface area contributed by atoms with Crippen molar-refractivity contribution < 1.29 is 28.7 Å². The molecule has 10 heteroatoms. The van der Waals surface area contributed by atoms with Gasteiger partial charge in [0.05, 0.1) is 27.3 Å². The summed E-state index contributed by atoms with van der Waals surface area (Å²) in [5.74, 6) is -0.700. The highest BCUT2D eigenvalue weighted by Crippen LogP contribution is 2.26. The maximum absolute atomic E-state index is 12.1.